The van der Waals surface area contributed by atoms with E-state index in [1.54, 1.807) is 0 Å². The lowest BCUT2D eigenvalue weighted by Crippen LogP contribution is -2.24. The highest BCUT2D eigenvalue weighted by Gasteiger charge is 2.27. The number of aliphatic hydroxyl groups excluding tert-OH is 1. The Morgan fingerprint density at radius 3 is 2.61 bits per heavy atom. The Bertz CT molecular complexity index is 395. The third-order valence-electron chi connectivity index (χ3n) is 2.04. The van der Waals surface area contributed by atoms with E-state index in [4.69, 9.17) is 0 Å². The summed E-state index contributed by atoms with van der Waals surface area (Å²) in [5.41, 5.74) is 0.215. The van der Waals surface area contributed by atoms with Crippen LogP contribution in [0.1, 0.15) is 5.56 Å². The van der Waals surface area contributed by atoms with Crippen molar-refractivity contribution in [2.75, 3.05) is 13.2 Å². The molecule has 1 aromatic rings. The number of hydrogen-bond donors (Lipinski definition) is 1. The molecule has 0 amide bonds. The summed E-state index contributed by atoms with van der Waals surface area (Å²) in [6.45, 7) is -1.92. The van der Waals surface area contributed by atoms with Crippen LogP contribution in [0.3, 0.4) is 0 Å². The van der Waals surface area contributed by atoms with Crippen LogP contribution in [0.5, 0.6) is 0 Å². The molecule has 0 heterocycles. The number of aliphatic hydroxyl groups is 1. The zero-order valence-electron chi connectivity index (χ0n) is 9.18. The van der Waals surface area contributed by atoms with E-state index in [0.717, 1.165) is 0 Å². The minimum absolute atomic E-state index is 0.108. The molecule has 0 spiro atoms. The van der Waals surface area contributed by atoms with Gasteiger partial charge in [0.1, 0.15) is 12.4 Å². The first-order chi connectivity index (χ1) is 8.28. The first kappa shape index (κ1) is 15.4. The zero-order chi connectivity index (χ0) is 13.8. The number of benzene rings is 1. The molecule has 1 aromatic carbocycles. The minimum Gasteiger partial charge on any atom is -0.390 e. The predicted molar refractivity (Wildman–Crippen MR) is 60.7 cm³/mol. The van der Waals surface area contributed by atoms with Crippen LogP contribution < -0.4 is 0 Å². The molecule has 7 heteroatoms. The Morgan fingerprint density at radius 1 is 1.33 bits per heavy atom. The van der Waals surface area contributed by atoms with Crippen molar-refractivity contribution in [3.8, 4) is 0 Å². The molecule has 0 aliphatic carbocycles. The van der Waals surface area contributed by atoms with Crippen molar-refractivity contribution in [1.82, 2.24) is 0 Å². The van der Waals surface area contributed by atoms with Crippen LogP contribution in [-0.4, -0.2) is 30.6 Å². The highest BCUT2D eigenvalue weighted by Crippen LogP contribution is 2.18. The molecule has 2 nitrogen and oxygen atoms in total. The van der Waals surface area contributed by atoms with Crippen molar-refractivity contribution in [1.29, 1.82) is 0 Å². The lowest BCUT2D eigenvalue weighted by atomic mass is 10.1. The van der Waals surface area contributed by atoms with Crippen LogP contribution in [0, 0.1) is 5.82 Å². The second-order valence-electron chi connectivity index (χ2n) is 3.72. The van der Waals surface area contributed by atoms with E-state index >= 15 is 0 Å². The fourth-order valence-corrected chi connectivity index (χ4v) is 1.73. The average molecular weight is 331 g/mol. The van der Waals surface area contributed by atoms with Crippen LogP contribution in [0.2, 0.25) is 0 Å². The van der Waals surface area contributed by atoms with Gasteiger partial charge in [-0.05, 0) is 23.8 Å². The molecular weight excluding hydrogens is 320 g/mol. The van der Waals surface area contributed by atoms with E-state index in [1.807, 2.05) is 0 Å². The molecule has 102 valence electrons. The Hall–Kier alpha value is -0.660. The van der Waals surface area contributed by atoms with Crippen molar-refractivity contribution in [2.24, 2.45) is 0 Å². The van der Waals surface area contributed by atoms with Gasteiger partial charge in [0.15, 0.2) is 0 Å². The Kier molecular flexibility index (Phi) is 5.55. The molecule has 1 unspecified atom stereocenters. The highest BCUT2D eigenvalue weighted by molar-refractivity contribution is 9.10. The molecule has 1 atom stereocenters. The molecule has 0 fully saturated rings. The van der Waals surface area contributed by atoms with E-state index in [2.05, 4.69) is 20.7 Å². The van der Waals surface area contributed by atoms with E-state index in [1.165, 1.54) is 18.2 Å². The topological polar surface area (TPSA) is 29.5 Å². The van der Waals surface area contributed by atoms with Gasteiger partial charge in [0, 0.05) is 10.9 Å². The molecule has 0 saturated carbocycles. The van der Waals surface area contributed by atoms with Gasteiger partial charge in [-0.1, -0.05) is 15.9 Å². The first-order valence-corrected chi connectivity index (χ1v) is 5.84. The van der Waals surface area contributed by atoms with Gasteiger partial charge in [0.25, 0.3) is 0 Å². The van der Waals surface area contributed by atoms with Gasteiger partial charge < -0.3 is 9.84 Å². The van der Waals surface area contributed by atoms with E-state index in [0.29, 0.717) is 4.47 Å². The fourth-order valence-electron chi connectivity index (χ4n) is 1.32. The molecule has 18 heavy (non-hydrogen) atoms. The van der Waals surface area contributed by atoms with Crippen molar-refractivity contribution >= 4 is 15.9 Å². The lowest BCUT2D eigenvalue weighted by molar-refractivity contribution is -0.179. The van der Waals surface area contributed by atoms with Crippen molar-refractivity contribution in [2.45, 2.75) is 18.7 Å². The summed E-state index contributed by atoms with van der Waals surface area (Å²) in [4.78, 5) is 0. The number of halogens is 5. The molecule has 1 rings (SSSR count). The first-order valence-electron chi connectivity index (χ1n) is 5.04. The fraction of sp³-hybridized carbons (Fsp3) is 0.455. The largest absolute Gasteiger partial charge is 0.411 e. The minimum atomic E-state index is -4.43. The van der Waals surface area contributed by atoms with E-state index < -0.39 is 31.3 Å². The number of ether oxygens (including phenoxy) is 1. The number of rotatable bonds is 5. The molecule has 1 N–H and O–H groups in total. The maximum Gasteiger partial charge on any atom is 0.411 e. The highest BCUT2D eigenvalue weighted by atomic mass is 79.9. The van der Waals surface area contributed by atoms with E-state index in [-0.39, 0.29) is 12.0 Å². The van der Waals surface area contributed by atoms with Crippen molar-refractivity contribution < 1.29 is 27.4 Å². The van der Waals surface area contributed by atoms with Crippen LogP contribution in [-0.2, 0) is 11.2 Å². The third-order valence-corrected chi connectivity index (χ3v) is 2.53. The van der Waals surface area contributed by atoms with E-state index in [9.17, 15) is 22.7 Å². The van der Waals surface area contributed by atoms with Crippen LogP contribution in [0.15, 0.2) is 22.7 Å². The molecule has 0 radical (unpaired) electrons. The van der Waals surface area contributed by atoms with Gasteiger partial charge in [0.05, 0.1) is 12.7 Å². The van der Waals surface area contributed by atoms with Gasteiger partial charge >= 0.3 is 6.18 Å². The SMILES string of the molecule is OC(COCC(F)(F)F)Cc1cc(Br)ccc1F. The summed E-state index contributed by atoms with van der Waals surface area (Å²) >= 11 is 3.14. The van der Waals surface area contributed by atoms with Crippen molar-refractivity contribution in [3.05, 3.63) is 34.1 Å². The average Bonchev–Trinajstić information content (AvgIpc) is 2.21. The Labute approximate surface area is 110 Å². The Balaban J connectivity index is 2.44. The summed E-state index contributed by atoms with van der Waals surface area (Å²) < 4.78 is 53.5. The zero-order valence-corrected chi connectivity index (χ0v) is 10.8. The number of hydrogen-bond acceptors (Lipinski definition) is 2. The normalized spacial score (nSPS) is 13.7. The maximum absolute atomic E-state index is 13.3. The molecule has 0 bridgehead atoms. The summed E-state index contributed by atoms with van der Waals surface area (Å²) in [5, 5.41) is 9.44. The summed E-state index contributed by atoms with van der Waals surface area (Å²) in [7, 11) is 0. The quantitative estimate of drug-likeness (QED) is 0.841. The molecule has 0 aromatic heterocycles. The van der Waals surface area contributed by atoms with Gasteiger partial charge in [-0.2, -0.15) is 13.2 Å². The van der Waals surface area contributed by atoms with Crippen molar-refractivity contribution in [3.63, 3.8) is 0 Å². The van der Waals surface area contributed by atoms with Gasteiger partial charge in [0.2, 0.25) is 0 Å². The summed E-state index contributed by atoms with van der Waals surface area (Å²) in [5.74, 6) is -0.520. The maximum atomic E-state index is 13.3. The standard InChI is InChI=1S/C11H11BrF4O2/c12-8-1-2-10(13)7(3-8)4-9(17)5-18-6-11(14,15)16/h1-3,9,17H,4-6H2. The second kappa shape index (κ2) is 6.49. The smallest absolute Gasteiger partial charge is 0.390 e. The van der Waals surface area contributed by atoms with Gasteiger partial charge in [-0.3, -0.25) is 0 Å². The van der Waals surface area contributed by atoms with Crippen LogP contribution in [0.4, 0.5) is 17.6 Å². The predicted octanol–water partition coefficient (Wildman–Crippen LogP) is 3.07. The molecule has 0 saturated heterocycles. The Morgan fingerprint density at radius 2 is 2.00 bits per heavy atom. The molecule has 0 aliphatic heterocycles. The summed E-state index contributed by atoms with van der Waals surface area (Å²) in [6.07, 6.45) is -5.72. The second-order valence-corrected chi connectivity index (χ2v) is 4.64. The summed E-state index contributed by atoms with van der Waals surface area (Å²) in [6, 6.07) is 4.16. The molecule has 0 aliphatic rings. The van der Waals surface area contributed by atoms with Gasteiger partial charge in [-0.15, -0.1) is 0 Å². The molecular formula is C11H11BrF4O2. The third kappa shape index (κ3) is 5.79. The van der Waals surface area contributed by atoms with Crippen LogP contribution >= 0.6 is 15.9 Å². The monoisotopic (exact) mass is 330 g/mol. The van der Waals surface area contributed by atoms with Gasteiger partial charge in [-0.25, -0.2) is 4.39 Å². The number of alkyl halides is 3. The van der Waals surface area contributed by atoms with Crippen LogP contribution in [0.25, 0.3) is 0 Å². The lowest BCUT2D eigenvalue weighted by Gasteiger charge is -2.13.